The lowest BCUT2D eigenvalue weighted by molar-refractivity contribution is 0.202. The van der Waals surface area contributed by atoms with Crippen molar-refractivity contribution in [2.75, 3.05) is 24.7 Å². The number of amidine groups is 1. The highest BCUT2D eigenvalue weighted by Crippen LogP contribution is 2.33. The van der Waals surface area contributed by atoms with Crippen molar-refractivity contribution in [2.24, 2.45) is 10.1 Å². The number of hydrogen-bond acceptors (Lipinski definition) is 7. The van der Waals surface area contributed by atoms with Gasteiger partial charge in [0.25, 0.3) is 0 Å². The van der Waals surface area contributed by atoms with Gasteiger partial charge >= 0.3 is 0 Å². The van der Waals surface area contributed by atoms with Crippen molar-refractivity contribution in [3.05, 3.63) is 12.1 Å². The summed E-state index contributed by atoms with van der Waals surface area (Å²) in [5, 5.41) is 22.6. The molecule has 0 unspecified atom stereocenters. The molecule has 0 fully saturated rings. The van der Waals surface area contributed by atoms with Gasteiger partial charge in [0.2, 0.25) is 0 Å². The Bertz CT molecular complexity index is 638. The van der Waals surface area contributed by atoms with Crippen molar-refractivity contribution in [1.29, 1.82) is 5.41 Å². The minimum atomic E-state index is -0.117. The number of hydrazone groups is 1. The molecule has 8 heteroatoms. The summed E-state index contributed by atoms with van der Waals surface area (Å²) in [6, 6.07) is 3.21. The molecule has 8 nitrogen and oxygen atoms in total. The molecule has 1 aliphatic heterocycles. The minimum Gasteiger partial charge on any atom is -0.489 e. The summed E-state index contributed by atoms with van der Waals surface area (Å²) in [5.41, 5.74) is 13.3. The number of rotatable bonds is 5. The van der Waals surface area contributed by atoms with E-state index < -0.39 is 0 Å². The predicted molar refractivity (Wildman–Crippen MR) is 88.1 cm³/mol. The average molecular weight is 304 g/mol. The number of aliphatic hydroxyl groups excluding tert-OH is 1. The second-order valence-corrected chi connectivity index (χ2v) is 5.05. The molecule has 0 aliphatic carbocycles. The van der Waals surface area contributed by atoms with Crippen LogP contribution in [0, 0.1) is 5.41 Å². The SMILES string of the molecule is CC(C)N1N=CC(=Nc2cc(OCCO)c(N)cc2N)C1=N. The lowest BCUT2D eigenvalue weighted by Crippen LogP contribution is -2.31. The van der Waals surface area contributed by atoms with Gasteiger partial charge in [-0.25, -0.2) is 10.0 Å². The topological polar surface area (TPSA) is 133 Å². The average Bonchev–Trinajstić information content (AvgIpc) is 2.82. The molecule has 118 valence electrons. The number of nitrogen functional groups attached to an aromatic ring is 2. The molecule has 0 saturated heterocycles. The van der Waals surface area contributed by atoms with Crippen molar-refractivity contribution >= 4 is 34.8 Å². The van der Waals surface area contributed by atoms with Crippen molar-refractivity contribution < 1.29 is 9.84 Å². The van der Waals surface area contributed by atoms with Crippen LogP contribution < -0.4 is 16.2 Å². The summed E-state index contributed by atoms with van der Waals surface area (Å²) < 4.78 is 5.33. The molecule has 0 amide bonds. The maximum absolute atomic E-state index is 8.82. The highest BCUT2D eigenvalue weighted by atomic mass is 16.5. The van der Waals surface area contributed by atoms with E-state index in [1.54, 1.807) is 17.1 Å². The second kappa shape index (κ2) is 6.44. The molecular weight excluding hydrogens is 284 g/mol. The Hall–Kier alpha value is -2.61. The monoisotopic (exact) mass is 304 g/mol. The van der Waals surface area contributed by atoms with Gasteiger partial charge in [0, 0.05) is 12.1 Å². The normalized spacial score (nSPS) is 16.1. The standard InChI is InChI=1S/C14H20N6O2/c1-8(2)20-14(17)12(7-18-20)19-11-6-13(22-4-3-21)10(16)5-9(11)15/h5-8,17,21H,3-4,15-16H2,1-2H3. The van der Waals surface area contributed by atoms with Crippen LogP contribution in [0.4, 0.5) is 17.1 Å². The molecule has 1 heterocycles. The number of aliphatic imine (C=N–C) groups is 1. The van der Waals surface area contributed by atoms with E-state index in [0.29, 0.717) is 28.5 Å². The van der Waals surface area contributed by atoms with Gasteiger partial charge in [-0.3, -0.25) is 5.41 Å². The fraction of sp³-hybridized carbons (Fsp3) is 0.357. The number of ether oxygens (including phenoxy) is 1. The van der Waals surface area contributed by atoms with E-state index in [4.69, 9.17) is 26.7 Å². The van der Waals surface area contributed by atoms with Crippen molar-refractivity contribution in [3.63, 3.8) is 0 Å². The van der Waals surface area contributed by atoms with Gasteiger partial charge in [-0.1, -0.05) is 0 Å². The first-order valence-corrected chi connectivity index (χ1v) is 6.87. The largest absolute Gasteiger partial charge is 0.489 e. The van der Waals surface area contributed by atoms with Crippen LogP contribution in [0.3, 0.4) is 0 Å². The summed E-state index contributed by atoms with van der Waals surface area (Å²) in [7, 11) is 0. The number of nitrogens with one attached hydrogen (secondary N) is 1. The fourth-order valence-electron chi connectivity index (χ4n) is 1.94. The van der Waals surface area contributed by atoms with Gasteiger partial charge in [-0.2, -0.15) is 5.10 Å². The number of benzene rings is 1. The molecular formula is C14H20N6O2. The van der Waals surface area contributed by atoms with Gasteiger partial charge in [0.15, 0.2) is 5.84 Å². The van der Waals surface area contributed by atoms with E-state index in [9.17, 15) is 0 Å². The van der Waals surface area contributed by atoms with E-state index in [-0.39, 0.29) is 25.1 Å². The van der Waals surface area contributed by atoms with Gasteiger partial charge in [-0.15, -0.1) is 0 Å². The first kappa shape index (κ1) is 15.8. The zero-order chi connectivity index (χ0) is 16.3. The summed E-state index contributed by atoms with van der Waals surface area (Å²) in [6.45, 7) is 3.89. The summed E-state index contributed by atoms with van der Waals surface area (Å²) in [4.78, 5) is 4.36. The molecule has 0 aromatic heterocycles. The lowest BCUT2D eigenvalue weighted by Gasteiger charge is -2.17. The second-order valence-electron chi connectivity index (χ2n) is 5.05. The molecule has 0 radical (unpaired) electrons. The molecule has 0 spiro atoms. The highest BCUT2D eigenvalue weighted by Gasteiger charge is 2.23. The van der Waals surface area contributed by atoms with E-state index in [1.165, 1.54) is 6.21 Å². The Morgan fingerprint density at radius 3 is 2.68 bits per heavy atom. The van der Waals surface area contributed by atoms with Crippen LogP contribution in [-0.4, -0.2) is 47.1 Å². The number of anilines is 2. The van der Waals surface area contributed by atoms with Crippen molar-refractivity contribution in [2.45, 2.75) is 19.9 Å². The van der Waals surface area contributed by atoms with Gasteiger partial charge in [-0.05, 0) is 19.9 Å². The Balaban J connectivity index is 2.31. The molecule has 6 N–H and O–H groups in total. The molecule has 22 heavy (non-hydrogen) atoms. The van der Waals surface area contributed by atoms with Crippen LogP contribution in [0.5, 0.6) is 5.75 Å². The van der Waals surface area contributed by atoms with Gasteiger partial charge in [0.1, 0.15) is 18.1 Å². The van der Waals surface area contributed by atoms with E-state index in [0.717, 1.165) is 0 Å². The summed E-state index contributed by atoms with van der Waals surface area (Å²) in [5.74, 6) is 0.605. The molecule has 0 bridgehead atoms. The number of aliphatic hydroxyl groups is 1. The fourth-order valence-corrected chi connectivity index (χ4v) is 1.94. The molecule has 1 aromatic carbocycles. The summed E-state index contributed by atoms with van der Waals surface area (Å²) >= 11 is 0. The van der Waals surface area contributed by atoms with Gasteiger partial charge in [0.05, 0.1) is 29.9 Å². The Kier molecular flexibility index (Phi) is 4.62. The highest BCUT2D eigenvalue weighted by molar-refractivity contribution is 6.63. The molecule has 2 rings (SSSR count). The third kappa shape index (κ3) is 3.17. The predicted octanol–water partition coefficient (Wildman–Crippen LogP) is 0.982. The first-order valence-electron chi connectivity index (χ1n) is 6.87. The van der Waals surface area contributed by atoms with Crippen LogP contribution in [0.2, 0.25) is 0 Å². The summed E-state index contributed by atoms with van der Waals surface area (Å²) in [6.07, 6.45) is 1.52. The zero-order valence-electron chi connectivity index (χ0n) is 12.6. The quantitative estimate of drug-likeness (QED) is 0.602. The smallest absolute Gasteiger partial charge is 0.169 e. The van der Waals surface area contributed by atoms with E-state index in [1.807, 2.05) is 13.8 Å². The van der Waals surface area contributed by atoms with Crippen molar-refractivity contribution in [1.82, 2.24) is 5.01 Å². The number of nitrogens with two attached hydrogens (primary N) is 2. The Labute approximate surface area is 128 Å². The lowest BCUT2D eigenvalue weighted by atomic mass is 10.2. The zero-order valence-corrected chi connectivity index (χ0v) is 12.6. The maximum Gasteiger partial charge on any atom is 0.169 e. The molecule has 1 aromatic rings. The van der Waals surface area contributed by atoms with Crippen LogP contribution in [0.1, 0.15) is 13.8 Å². The van der Waals surface area contributed by atoms with Crippen LogP contribution in [0.15, 0.2) is 22.2 Å². The number of nitrogens with zero attached hydrogens (tertiary/aromatic N) is 3. The Morgan fingerprint density at radius 2 is 2.09 bits per heavy atom. The van der Waals surface area contributed by atoms with Gasteiger partial charge < -0.3 is 21.3 Å². The first-order chi connectivity index (χ1) is 10.4. The van der Waals surface area contributed by atoms with E-state index >= 15 is 0 Å². The van der Waals surface area contributed by atoms with Crippen LogP contribution in [-0.2, 0) is 0 Å². The van der Waals surface area contributed by atoms with E-state index in [2.05, 4.69) is 10.1 Å². The van der Waals surface area contributed by atoms with Crippen molar-refractivity contribution in [3.8, 4) is 5.75 Å². The molecule has 1 aliphatic rings. The third-order valence-corrected chi connectivity index (χ3v) is 3.01. The molecule has 0 atom stereocenters. The minimum absolute atomic E-state index is 0.0728. The third-order valence-electron chi connectivity index (χ3n) is 3.01. The number of hydrogen-bond donors (Lipinski definition) is 4. The van der Waals surface area contributed by atoms with Crippen LogP contribution >= 0.6 is 0 Å². The molecule has 0 saturated carbocycles. The Morgan fingerprint density at radius 1 is 1.36 bits per heavy atom. The maximum atomic E-state index is 8.82. The van der Waals surface area contributed by atoms with Crippen LogP contribution in [0.25, 0.3) is 0 Å².